The van der Waals surface area contributed by atoms with Gasteiger partial charge in [0.25, 0.3) is 0 Å². The fourth-order valence-electron chi connectivity index (χ4n) is 3.85. The number of nitrogens with one attached hydrogen (secondary N) is 1. The predicted octanol–water partition coefficient (Wildman–Crippen LogP) is 2.83. The van der Waals surface area contributed by atoms with Gasteiger partial charge >= 0.3 is 0 Å². The van der Waals surface area contributed by atoms with E-state index in [9.17, 15) is 4.79 Å². The minimum absolute atomic E-state index is 0.0528. The first kappa shape index (κ1) is 20.2. The average Bonchev–Trinajstić information content (AvgIpc) is 3.08. The molecule has 1 aromatic heterocycles. The smallest absolute Gasteiger partial charge is 0.221 e. The minimum atomic E-state index is 0.0528. The molecule has 3 aromatic rings. The van der Waals surface area contributed by atoms with Crippen LogP contribution in [-0.4, -0.2) is 53.2 Å². The summed E-state index contributed by atoms with van der Waals surface area (Å²) in [5.41, 5.74) is 3.14. The molecular formula is C23H28N4O3. The summed E-state index contributed by atoms with van der Waals surface area (Å²) in [7, 11) is 1.66. The van der Waals surface area contributed by atoms with Gasteiger partial charge in [-0.05, 0) is 25.1 Å². The van der Waals surface area contributed by atoms with Crippen LogP contribution in [0.15, 0.2) is 48.8 Å². The summed E-state index contributed by atoms with van der Waals surface area (Å²) in [5.74, 6) is 1.73. The summed E-state index contributed by atoms with van der Waals surface area (Å²) in [4.78, 5) is 19.0. The van der Waals surface area contributed by atoms with Gasteiger partial charge in [-0.15, -0.1) is 0 Å². The van der Waals surface area contributed by atoms with Gasteiger partial charge in [0.2, 0.25) is 5.91 Å². The van der Waals surface area contributed by atoms with Crippen molar-refractivity contribution in [2.45, 2.75) is 32.5 Å². The number of methoxy groups -OCH3 is 1. The normalized spacial score (nSPS) is 16.5. The number of carbonyl (C=O) groups excluding carboxylic acids is 1. The van der Waals surface area contributed by atoms with Crippen LogP contribution in [0.5, 0.6) is 11.5 Å². The number of nitrogens with zero attached hydrogens (tertiary/aromatic N) is 3. The van der Waals surface area contributed by atoms with E-state index in [0.29, 0.717) is 19.5 Å². The van der Waals surface area contributed by atoms with Gasteiger partial charge in [-0.25, -0.2) is 4.98 Å². The van der Waals surface area contributed by atoms with Crippen LogP contribution in [0.4, 0.5) is 0 Å². The van der Waals surface area contributed by atoms with Crippen molar-refractivity contribution in [1.29, 1.82) is 0 Å². The SMILES string of the molecule is COc1ccc2c(c1)O[C@H](C)CN(CCNC(=O)CCn1cnc3ccccc31)C2. The number of imidazole rings is 1. The van der Waals surface area contributed by atoms with E-state index >= 15 is 0 Å². The number of benzene rings is 2. The molecule has 1 N–H and O–H groups in total. The molecule has 2 heterocycles. The molecule has 2 aromatic carbocycles. The Hall–Kier alpha value is -3.06. The number of para-hydroxylation sites is 2. The van der Waals surface area contributed by atoms with Crippen LogP contribution in [0.3, 0.4) is 0 Å². The zero-order valence-corrected chi connectivity index (χ0v) is 17.5. The van der Waals surface area contributed by atoms with Crippen molar-refractivity contribution in [3.8, 4) is 11.5 Å². The van der Waals surface area contributed by atoms with Gasteiger partial charge < -0.3 is 19.4 Å². The van der Waals surface area contributed by atoms with Crippen LogP contribution in [0.2, 0.25) is 0 Å². The number of rotatable bonds is 7. The molecule has 0 saturated heterocycles. The van der Waals surface area contributed by atoms with Gasteiger partial charge in [-0.1, -0.05) is 18.2 Å². The molecule has 1 atom stereocenters. The van der Waals surface area contributed by atoms with Gasteiger partial charge in [0, 0.05) is 50.8 Å². The largest absolute Gasteiger partial charge is 0.497 e. The molecule has 30 heavy (non-hydrogen) atoms. The van der Waals surface area contributed by atoms with Crippen molar-refractivity contribution in [1.82, 2.24) is 19.8 Å². The highest BCUT2D eigenvalue weighted by Crippen LogP contribution is 2.29. The fraction of sp³-hybridized carbons (Fsp3) is 0.391. The highest BCUT2D eigenvalue weighted by Gasteiger charge is 2.20. The third-order valence-corrected chi connectivity index (χ3v) is 5.37. The first-order valence-corrected chi connectivity index (χ1v) is 10.3. The first-order valence-electron chi connectivity index (χ1n) is 10.3. The number of ether oxygens (including phenoxy) is 2. The lowest BCUT2D eigenvalue weighted by Crippen LogP contribution is -2.38. The molecule has 1 aliphatic rings. The van der Waals surface area contributed by atoms with Crippen LogP contribution >= 0.6 is 0 Å². The Labute approximate surface area is 176 Å². The second-order valence-electron chi connectivity index (χ2n) is 7.66. The highest BCUT2D eigenvalue weighted by atomic mass is 16.5. The third kappa shape index (κ3) is 4.74. The third-order valence-electron chi connectivity index (χ3n) is 5.37. The van der Waals surface area contributed by atoms with Crippen LogP contribution < -0.4 is 14.8 Å². The summed E-state index contributed by atoms with van der Waals surface area (Å²) in [6, 6.07) is 13.9. The van der Waals surface area contributed by atoms with Crippen molar-refractivity contribution in [2.75, 3.05) is 26.7 Å². The van der Waals surface area contributed by atoms with Gasteiger partial charge in [0.15, 0.2) is 0 Å². The lowest BCUT2D eigenvalue weighted by atomic mass is 10.2. The molecule has 0 radical (unpaired) electrons. The topological polar surface area (TPSA) is 68.6 Å². The van der Waals surface area contributed by atoms with E-state index in [0.717, 1.165) is 47.7 Å². The summed E-state index contributed by atoms with van der Waals surface area (Å²) in [5, 5.41) is 3.04. The Kier molecular flexibility index (Phi) is 6.18. The maximum Gasteiger partial charge on any atom is 0.221 e. The van der Waals surface area contributed by atoms with Gasteiger partial charge in [-0.2, -0.15) is 0 Å². The lowest BCUT2D eigenvalue weighted by Gasteiger charge is -2.21. The first-order chi connectivity index (χ1) is 14.6. The zero-order chi connectivity index (χ0) is 20.9. The van der Waals surface area contributed by atoms with Gasteiger partial charge in [0.05, 0.1) is 24.5 Å². The van der Waals surface area contributed by atoms with Crippen molar-refractivity contribution >= 4 is 16.9 Å². The maximum absolute atomic E-state index is 12.3. The van der Waals surface area contributed by atoms with Crippen molar-refractivity contribution < 1.29 is 14.3 Å². The molecular weight excluding hydrogens is 380 g/mol. The quantitative estimate of drug-likeness (QED) is 0.651. The number of aryl methyl sites for hydroxylation is 1. The van der Waals surface area contributed by atoms with E-state index in [1.54, 1.807) is 13.4 Å². The van der Waals surface area contributed by atoms with E-state index in [4.69, 9.17) is 9.47 Å². The Morgan fingerprint density at radius 2 is 2.13 bits per heavy atom. The molecule has 0 saturated carbocycles. The lowest BCUT2D eigenvalue weighted by molar-refractivity contribution is -0.121. The molecule has 0 fully saturated rings. The summed E-state index contributed by atoms with van der Waals surface area (Å²) >= 11 is 0. The van der Waals surface area contributed by atoms with Crippen molar-refractivity contribution in [3.05, 3.63) is 54.4 Å². The monoisotopic (exact) mass is 408 g/mol. The van der Waals surface area contributed by atoms with E-state index < -0.39 is 0 Å². The van der Waals surface area contributed by atoms with E-state index in [2.05, 4.69) is 22.1 Å². The summed E-state index contributed by atoms with van der Waals surface area (Å²) in [6.45, 7) is 5.68. The van der Waals surface area contributed by atoms with Crippen molar-refractivity contribution in [2.24, 2.45) is 0 Å². The fourth-order valence-corrected chi connectivity index (χ4v) is 3.85. The number of hydrogen-bond donors (Lipinski definition) is 1. The van der Waals surface area contributed by atoms with Crippen molar-refractivity contribution in [3.63, 3.8) is 0 Å². The second kappa shape index (κ2) is 9.17. The van der Waals surface area contributed by atoms with Crippen LogP contribution in [0, 0.1) is 0 Å². The molecule has 0 unspecified atom stereocenters. The van der Waals surface area contributed by atoms with Crippen LogP contribution in [0.25, 0.3) is 11.0 Å². The number of aromatic nitrogens is 2. The van der Waals surface area contributed by atoms with E-state index in [-0.39, 0.29) is 12.0 Å². The molecule has 1 amide bonds. The van der Waals surface area contributed by atoms with Crippen LogP contribution in [-0.2, 0) is 17.9 Å². The molecule has 158 valence electrons. The molecule has 7 nitrogen and oxygen atoms in total. The average molecular weight is 409 g/mol. The van der Waals surface area contributed by atoms with Crippen LogP contribution in [0.1, 0.15) is 18.9 Å². The molecule has 0 bridgehead atoms. The minimum Gasteiger partial charge on any atom is -0.497 e. The Bertz CT molecular complexity index is 1020. The second-order valence-corrected chi connectivity index (χ2v) is 7.66. The standard InChI is InChI=1S/C23H28N4O3/c1-17-14-26(15-18-7-8-19(29-2)13-22(18)30-17)12-10-24-23(28)9-11-27-16-25-20-5-3-4-6-21(20)27/h3-8,13,16-17H,9-12,14-15H2,1-2H3,(H,24,28)/t17-/m1/s1. The Morgan fingerprint density at radius 3 is 3.00 bits per heavy atom. The number of fused-ring (bicyclic) bond motifs is 2. The van der Waals surface area contributed by atoms with Gasteiger partial charge in [-0.3, -0.25) is 9.69 Å². The molecule has 0 spiro atoms. The number of hydrogen-bond acceptors (Lipinski definition) is 5. The number of amides is 1. The van der Waals surface area contributed by atoms with E-state index in [1.165, 1.54) is 0 Å². The summed E-state index contributed by atoms with van der Waals surface area (Å²) < 4.78 is 13.4. The Morgan fingerprint density at radius 1 is 1.27 bits per heavy atom. The molecule has 1 aliphatic heterocycles. The molecule has 0 aliphatic carbocycles. The predicted molar refractivity (Wildman–Crippen MR) is 116 cm³/mol. The Balaban J connectivity index is 1.26. The molecule has 4 rings (SSSR count). The zero-order valence-electron chi connectivity index (χ0n) is 17.5. The molecule has 7 heteroatoms. The highest BCUT2D eigenvalue weighted by molar-refractivity contribution is 5.77. The summed E-state index contributed by atoms with van der Waals surface area (Å²) in [6.07, 6.45) is 2.30. The van der Waals surface area contributed by atoms with E-state index in [1.807, 2.05) is 47.0 Å². The number of carbonyl (C=O) groups is 1. The van der Waals surface area contributed by atoms with Gasteiger partial charge in [0.1, 0.15) is 17.6 Å². The maximum atomic E-state index is 12.3.